The van der Waals surface area contributed by atoms with Crippen molar-refractivity contribution in [3.63, 3.8) is 0 Å². The quantitative estimate of drug-likeness (QED) is 0.838. The molecule has 3 atom stereocenters. The largest absolute Gasteiger partial charge is 0.338 e. The van der Waals surface area contributed by atoms with Crippen LogP contribution < -0.4 is 5.32 Å². The number of nitrogens with zero attached hydrogens (tertiary/aromatic N) is 4. The van der Waals surface area contributed by atoms with E-state index in [2.05, 4.69) is 20.4 Å². The number of rotatable bonds is 3. The second kappa shape index (κ2) is 5.59. The molecule has 8 heteroatoms. The monoisotopic (exact) mass is 321 g/mol. The van der Waals surface area contributed by atoms with Crippen molar-refractivity contribution in [3.8, 4) is 0 Å². The molecule has 3 amide bonds. The number of amides is 3. The number of carbonyl (C=O) groups is 2. The smallest absolute Gasteiger partial charge is 0.324 e. The number of aryl methyl sites for hydroxylation is 1. The summed E-state index contributed by atoms with van der Waals surface area (Å²) in [6.07, 6.45) is 1.87. The molecule has 2 fully saturated rings. The number of hydrogen-bond donors (Lipinski definition) is 1. The average molecular weight is 321 g/mol. The number of likely N-dealkylation sites (N-methyl/N-ethyl adjacent to an activating group) is 1. The number of hydrogen-bond acceptors (Lipinski definition) is 6. The molecule has 2 aliphatic heterocycles. The average Bonchev–Trinajstić information content (AvgIpc) is 3.06. The predicted octanol–water partition coefficient (Wildman–Crippen LogP) is 1.09. The molecule has 0 bridgehead atoms. The molecule has 1 aromatic rings. The lowest BCUT2D eigenvalue weighted by Crippen LogP contribution is -2.56. The van der Waals surface area contributed by atoms with Gasteiger partial charge in [-0.1, -0.05) is 5.16 Å². The van der Waals surface area contributed by atoms with E-state index in [-0.39, 0.29) is 23.9 Å². The molecular weight excluding hydrogens is 298 g/mol. The van der Waals surface area contributed by atoms with Gasteiger partial charge in [0.15, 0.2) is 5.82 Å². The van der Waals surface area contributed by atoms with Crippen LogP contribution in [0.2, 0.25) is 0 Å². The molecule has 0 radical (unpaired) electrons. The number of aromatic nitrogens is 2. The molecule has 1 aromatic heterocycles. The van der Waals surface area contributed by atoms with Gasteiger partial charge in [-0.3, -0.25) is 14.6 Å². The van der Waals surface area contributed by atoms with Gasteiger partial charge in [0.1, 0.15) is 5.54 Å². The molecule has 0 aromatic carbocycles. The van der Waals surface area contributed by atoms with Gasteiger partial charge < -0.3 is 9.84 Å². The number of piperidine rings is 1. The van der Waals surface area contributed by atoms with Crippen LogP contribution in [0.4, 0.5) is 4.79 Å². The molecular formula is C15H23N5O3. The highest BCUT2D eigenvalue weighted by Crippen LogP contribution is 2.34. The first-order chi connectivity index (χ1) is 10.8. The topological polar surface area (TPSA) is 91.6 Å². The van der Waals surface area contributed by atoms with Crippen LogP contribution in [0.15, 0.2) is 4.52 Å². The highest BCUT2D eigenvalue weighted by molar-refractivity contribution is 6.06. The number of imide groups is 1. The number of carbonyl (C=O) groups excluding carboxylic acids is 2. The van der Waals surface area contributed by atoms with Crippen LogP contribution in [-0.4, -0.2) is 57.6 Å². The molecule has 8 nitrogen and oxygen atoms in total. The predicted molar refractivity (Wildman–Crippen MR) is 81.5 cm³/mol. The van der Waals surface area contributed by atoms with Crippen LogP contribution in [0, 0.1) is 12.8 Å². The summed E-state index contributed by atoms with van der Waals surface area (Å²) in [7, 11) is 1.52. The lowest BCUT2D eigenvalue weighted by atomic mass is 9.79. The summed E-state index contributed by atoms with van der Waals surface area (Å²) < 4.78 is 5.27. The highest BCUT2D eigenvalue weighted by atomic mass is 16.5. The van der Waals surface area contributed by atoms with Crippen molar-refractivity contribution in [2.24, 2.45) is 5.92 Å². The maximum Gasteiger partial charge on any atom is 0.324 e. The fraction of sp³-hybridized carbons (Fsp3) is 0.733. The van der Waals surface area contributed by atoms with E-state index in [1.54, 1.807) is 6.92 Å². The van der Waals surface area contributed by atoms with Crippen LogP contribution in [0.5, 0.6) is 0 Å². The Labute approximate surface area is 135 Å². The molecule has 126 valence electrons. The van der Waals surface area contributed by atoms with Crippen molar-refractivity contribution >= 4 is 11.9 Å². The maximum absolute atomic E-state index is 12.5. The maximum atomic E-state index is 12.5. The molecule has 0 aliphatic carbocycles. The molecule has 0 spiro atoms. The molecule has 23 heavy (non-hydrogen) atoms. The summed E-state index contributed by atoms with van der Waals surface area (Å²) in [5.74, 6) is 1.11. The number of likely N-dealkylation sites (tertiary alicyclic amines) is 1. The number of nitrogens with one attached hydrogen (secondary N) is 1. The Morgan fingerprint density at radius 3 is 2.74 bits per heavy atom. The zero-order chi connectivity index (χ0) is 16.8. The van der Waals surface area contributed by atoms with E-state index in [1.165, 1.54) is 11.9 Å². The Kier molecular flexibility index (Phi) is 3.87. The first-order valence-electron chi connectivity index (χ1n) is 7.97. The van der Waals surface area contributed by atoms with Crippen molar-refractivity contribution in [2.45, 2.75) is 45.2 Å². The van der Waals surface area contributed by atoms with E-state index in [1.807, 2.05) is 13.8 Å². The van der Waals surface area contributed by atoms with Crippen molar-refractivity contribution < 1.29 is 14.1 Å². The van der Waals surface area contributed by atoms with Crippen LogP contribution in [0.3, 0.4) is 0 Å². The van der Waals surface area contributed by atoms with E-state index >= 15 is 0 Å². The van der Waals surface area contributed by atoms with Crippen molar-refractivity contribution in [1.29, 1.82) is 0 Å². The van der Waals surface area contributed by atoms with Gasteiger partial charge in [0.05, 0.1) is 6.04 Å². The summed E-state index contributed by atoms with van der Waals surface area (Å²) in [6.45, 7) is 7.26. The lowest BCUT2D eigenvalue weighted by molar-refractivity contribution is -0.132. The zero-order valence-corrected chi connectivity index (χ0v) is 14.0. The third kappa shape index (κ3) is 2.60. The van der Waals surface area contributed by atoms with Gasteiger partial charge >= 0.3 is 6.03 Å². The highest BCUT2D eigenvalue weighted by Gasteiger charge is 2.52. The Morgan fingerprint density at radius 2 is 2.17 bits per heavy atom. The fourth-order valence-electron chi connectivity index (χ4n) is 3.55. The minimum atomic E-state index is -0.838. The SMILES string of the molecule is Cc1noc([C@H](C)N2CCC[C@H]([C@]3(C)NC(=O)N(C)C3=O)C2)n1. The summed E-state index contributed by atoms with van der Waals surface area (Å²) in [4.78, 5) is 32.0. The van der Waals surface area contributed by atoms with E-state index in [4.69, 9.17) is 4.52 Å². The van der Waals surface area contributed by atoms with Crippen molar-refractivity contribution in [1.82, 2.24) is 25.3 Å². The molecule has 2 aliphatic rings. The van der Waals surface area contributed by atoms with Gasteiger partial charge in [-0.2, -0.15) is 4.98 Å². The first-order valence-corrected chi connectivity index (χ1v) is 7.97. The van der Waals surface area contributed by atoms with Gasteiger partial charge in [0.2, 0.25) is 5.89 Å². The number of urea groups is 1. The third-order valence-corrected chi connectivity index (χ3v) is 5.14. The fourth-order valence-corrected chi connectivity index (χ4v) is 3.55. The zero-order valence-electron chi connectivity index (χ0n) is 14.0. The summed E-state index contributed by atoms with van der Waals surface area (Å²) in [5, 5.41) is 6.71. The van der Waals surface area contributed by atoms with E-state index in [9.17, 15) is 9.59 Å². The minimum absolute atomic E-state index is 0.00691. The Bertz CT molecular complexity index is 630. The van der Waals surface area contributed by atoms with Gasteiger partial charge in [-0.05, 0) is 40.2 Å². The Morgan fingerprint density at radius 1 is 1.43 bits per heavy atom. The van der Waals surface area contributed by atoms with E-state index in [0.29, 0.717) is 18.3 Å². The minimum Gasteiger partial charge on any atom is -0.338 e. The molecule has 3 rings (SSSR count). The molecule has 0 unspecified atom stereocenters. The van der Waals surface area contributed by atoms with Crippen molar-refractivity contribution in [2.75, 3.05) is 20.1 Å². The van der Waals surface area contributed by atoms with Crippen LogP contribution in [-0.2, 0) is 4.79 Å². The van der Waals surface area contributed by atoms with Gasteiger partial charge in [0, 0.05) is 19.5 Å². The van der Waals surface area contributed by atoms with Crippen molar-refractivity contribution in [3.05, 3.63) is 11.7 Å². The van der Waals surface area contributed by atoms with Gasteiger partial charge in [-0.15, -0.1) is 0 Å². The van der Waals surface area contributed by atoms with Crippen LogP contribution >= 0.6 is 0 Å². The summed E-state index contributed by atoms with van der Waals surface area (Å²) >= 11 is 0. The third-order valence-electron chi connectivity index (χ3n) is 5.14. The Hall–Kier alpha value is -1.96. The lowest BCUT2D eigenvalue weighted by Gasteiger charge is -2.41. The van der Waals surface area contributed by atoms with Crippen LogP contribution in [0.25, 0.3) is 0 Å². The summed E-state index contributed by atoms with van der Waals surface area (Å²) in [5.41, 5.74) is -0.838. The Balaban J connectivity index is 1.76. The molecule has 1 N–H and O–H groups in total. The standard InChI is InChI=1S/C15H23N5O3/c1-9(12-16-10(2)18-23-12)20-7-5-6-11(8-20)15(3)13(21)19(4)14(22)17-15/h9,11H,5-8H2,1-4H3,(H,17,22)/t9-,11-,15-/m0/s1. The second-order valence-corrected chi connectivity index (χ2v) is 6.69. The van der Waals surface area contributed by atoms with Crippen LogP contribution in [0.1, 0.15) is 44.4 Å². The summed E-state index contributed by atoms with van der Waals surface area (Å²) in [6, 6.07) is -0.331. The van der Waals surface area contributed by atoms with E-state index in [0.717, 1.165) is 19.4 Å². The second-order valence-electron chi connectivity index (χ2n) is 6.69. The molecule has 3 heterocycles. The molecule has 0 saturated carbocycles. The van der Waals surface area contributed by atoms with E-state index < -0.39 is 5.54 Å². The van der Waals surface area contributed by atoms with Gasteiger partial charge in [-0.25, -0.2) is 4.79 Å². The van der Waals surface area contributed by atoms with Gasteiger partial charge in [0.25, 0.3) is 5.91 Å². The molecule has 2 saturated heterocycles. The first kappa shape index (κ1) is 15.9. The normalized spacial score (nSPS) is 30.6.